The Hall–Kier alpha value is -13.0. The zero-order valence-corrected chi connectivity index (χ0v) is 59.7. The zero-order valence-electron chi connectivity index (χ0n) is 59.7. The molecule has 0 atom stereocenters. The maximum Gasteiger partial charge on any atom is 0.302 e. The molecule has 0 aliphatic carbocycles. The first kappa shape index (κ1) is 71.8. The first-order valence-electron chi connectivity index (χ1n) is 35.5. The third kappa shape index (κ3) is 19.7. The Kier molecular flexibility index (Phi) is 25.0. The van der Waals surface area contributed by atoms with Crippen LogP contribution in [0.2, 0.25) is 0 Å². The maximum absolute atomic E-state index is 10.3. The topological polar surface area (TPSA) is 77.5 Å². The minimum atomic E-state index is -0.250. The number of benzene rings is 13. The number of hydrogen-bond donors (Lipinski definition) is 0. The summed E-state index contributed by atoms with van der Waals surface area (Å²) >= 11 is 0. The molecule has 0 aliphatic heterocycles. The van der Waals surface area contributed by atoms with E-state index in [9.17, 15) is 9.59 Å². The molecule has 0 unspecified atom stereocenters. The van der Waals surface area contributed by atoms with Crippen molar-refractivity contribution in [2.45, 2.75) is 33.1 Å². The van der Waals surface area contributed by atoms with E-state index >= 15 is 0 Å². The summed E-state index contributed by atoms with van der Waals surface area (Å²) in [6.07, 6.45) is 11.7. The Bertz CT molecular complexity index is 4600. The first-order chi connectivity index (χ1) is 51.6. The summed E-state index contributed by atoms with van der Waals surface area (Å²) in [5.74, 6) is 1.11. The number of methoxy groups -OCH3 is 2. The van der Waals surface area contributed by atoms with Crippen LogP contribution in [0.1, 0.15) is 99.9 Å². The number of unbranched alkanes of at least 4 members (excludes halogenated alkanes) is 2. The van der Waals surface area contributed by atoms with Crippen LogP contribution in [0.3, 0.4) is 0 Å². The van der Waals surface area contributed by atoms with Crippen LogP contribution in [0.5, 0.6) is 11.5 Å². The molecule has 0 bridgehead atoms. The molecule has 0 amide bonds. The standard InChI is InChI=1S/C88H68N2O2.C9H16O4/c1-91-83-57-53-81(54-58-83)89(77-45-33-65(34-46-77)61-85(69-21-9-3-10-22-69)70-23-11-4-12-24-70)79-49-37-67(38-50-79)63-87(73-29-17-7-18-30-73)75-41-43-76(44-42-75)88(74-31-19-8-20-32-74)64-68-39-51-80(52-40-68)90(82-55-59-84(92-2)60-56-82)78-47-35-66(36-48-78)62-86(71-25-13-5-14-26-71)72-27-15-6-16-28-72;1-8(10)12-6-4-3-5-7-13-9(2)11/h3-64H,1-2H3;3-7H2,1-2H3. The van der Waals surface area contributed by atoms with Crippen molar-refractivity contribution in [3.63, 3.8) is 0 Å². The Morgan fingerprint density at radius 3 is 0.629 bits per heavy atom. The van der Waals surface area contributed by atoms with E-state index in [-0.39, 0.29) is 11.9 Å². The summed E-state index contributed by atoms with van der Waals surface area (Å²) in [6, 6.07) is 125. The van der Waals surface area contributed by atoms with Gasteiger partial charge in [-0.1, -0.05) is 255 Å². The smallest absolute Gasteiger partial charge is 0.302 e. The van der Waals surface area contributed by atoms with Gasteiger partial charge in [-0.2, -0.15) is 0 Å². The molecule has 13 aromatic rings. The van der Waals surface area contributed by atoms with E-state index in [0.717, 1.165) is 121 Å². The third-order valence-electron chi connectivity index (χ3n) is 17.9. The molecular weight excluding hydrogens is 1290 g/mol. The zero-order chi connectivity index (χ0) is 72.4. The van der Waals surface area contributed by atoms with E-state index in [4.69, 9.17) is 18.9 Å². The van der Waals surface area contributed by atoms with Crippen LogP contribution in [0, 0.1) is 0 Å². The number of rotatable bonds is 26. The van der Waals surface area contributed by atoms with Gasteiger partial charge in [0.15, 0.2) is 0 Å². The monoisotopic (exact) mass is 1370 g/mol. The van der Waals surface area contributed by atoms with Crippen LogP contribution >= 0.6 is 0 Å². The van der Waals surface area contributed by atoms with Gasteiger partial charge in [-0.3, -0.25) is 9.59 Å². The number of esters is 2. The normalized spacial score (nSPS) is 11.0. The molecule has 0 radical (unpaired) electrons. The lowest BCUT2D eigenvalue weighted by atomic mass is 9.91. The molecule has 8 nitrogen and oxygen atoms in total. The van der Waals surface area contributed by atoms with Crippen molar-refractivity contribution in [3.8, 4) is 11.5 Å². The number of anilines is 6. The van der Waals surface area contributed by atoms with Gasteiger partial charge in [0.1, 0.15) is 11.5 Å². The molecule has 105 heavy (non-hydrogen) atoms. The van der Waals surface area contributed by atoms with Gasteiger partial charge in [0, 0.05) is 48.0 Å². The molecule has 518 valence electrons. The average Bonchev–Trinajstić information content (AvgIpc) is 0.804. The van der Waals surface area contributed by atoms with Crippen molar-refractivity contribution >= 4 is 92.7 Å². The van der Waals surface area contributed by atoms with Crippen molar-refractivity contribution in [1.29, 1.82) is 0 Å². The fourth-order valence-electron chi connectivity index (χ4n) is 12.6. The highest BCUT2D eigenvalue weighted by Gasteiger charge is 2.18. The molecule has 13 aromatic carbocycles. The van der Waals surface area contributed by atoms with Crippen LogP contribution in [0.4, 0.5) is 34.1 Å². The lowest BCUT2D eigenvalue weighted by Crippen LogP contribution is -2.09. The Morgan fingerprint density at radius 1 is 0.248 bits per heavy atom. The summed E-state index contributed by atoms with van der Waals surface area (Å²) in [5.41, 5.74) is 24.4. The maximum atomic E-state index is 10.3. The van der Waals surface area contributed by atoms with Gasteiger partial charge < -0.3 is 28.7 Å². The highest BCUT2D eigenvalue weighted by atomic mass is 16.5. The molecule has 0 aliphatic rings. The van der Waals surface area contributed by atoms with Crippen molar-refractivity contribution in [2.75, 3.05) is 37.2 Å². The van der Waals surface area contributed by atoms with E-state index in [2.05, 4.69) is 362 Å². The second-order valence-corrected chi connectivity index (χ2v) is 25.2. The highest BCUT2D eigenvalue weighted by molar-refractivity contribution is 5.96. The predicted molar refractivity (Wildman–Crippen MR) is 435 cm³/mol. The second kappa shape index (κ2) is 36.5. The molecule has 0 heterocycles. The fourth-order valence-corrected chi connectivity index (χ4v) is 12.6. The molecule has 0 spiro atoms. The molecular formula is C97H84N2O6. The Balaban J connectivity index is 0.000000725. The predicted octanol–water partition coefficient (Wildman–Crippen LogP) is 24.3. The van der Waals surface area contributed by atoms with Gasteiger partial charge in [0.2, 0.25) is 0 Å². The summed E-state index contributed by atoms with van der Waals surface area (Å²) in [5, 5.41) is 0. The van der Waals surface area contributed by atoms with Crippen LogP contribution in [-0.4, -0.2) is 39.4 Å². The van der Waals surface area contributed by atoms with E-state index in [1.165, 1.54) is 47.2 Å². The van der Waals surface area contributed by atoms with Crippen molar-refractivity contribution in [2.24, 2.45) is 0 Å². The SMILES string of the molecule is CC(=O)OCCCCCOC(C)=O.COc1ccc(N(c2ccc(C=C(c3ccccc3)c3ccccc3)cc2)c2ccc(C=C(c3ccccc3)c3ccc(C(=Cc4ccc(N(c5ccc(C=C(c6ccccc6)c6ccccc6)cc5)c5ccc(OC)cc5)cc4)c4ccccc4)cc3)cc2)cc1. The third-order valence-corrected chi connectivity index (χ3v) is 17.9. The van der Waals surface area contributed by atoms with Gasteiger partial charge in [-0.15, -0.1) is 0 Å². The van der Waals surface area contributed by atoms with E-state index < -0.39 is 0 Å². The fraction of sp³-hybridized carbons (Fsp3) is 0.0928. The molecule has 0 fully saturated rings. The molecule has 0 saturated carbocycles. The van der Waals surface area contributed by atoms with E-state index in [1.54, 1.807) is 14.2 Å². The van der Waals surface area contributed by atoms with Crippen molar-refractivity contribution < 1.29 is 28.5 Å². The van der Waals surface area contributed by atoms with Crippen LogP contribution < -0.4 is 19.3 Å². The highest BCUT2D eigenvalue weighted by Crippen LogP contribution is 2.40. The van der Waals surface area contributed by atoms with Crippen LogP contribution in [-0.2, 0) is 19.1 Å². The van der Waals surface area contributed by atoms with E-state index in [0.29, 0.717) is 13.2 Å². The summed E-state index contributed by atoms with van der Waals surface area (Å²) in [7, 11) is 3.41. The number of nitrogens with zero attached hydrogens (tertiary/aromatic N) is 2. The van der Waals surface area contributed by atoms with E-state index in [1.807, 2.05) is 24.3 Å². The number of ether oxygens (including phenoxy) is 4. The van der Waals surface area contributed by atoms with Gasteiger partial charge in [-0.05, 0) is 230 Å². The Labute approximate surface area is 618 Å². The minimum Gasteiger partial charge on any atom is -0.497 e. The largest absolute Gasteiger partial charge is 0.497 e. The summed E-state index contributed by atoms with van der Waals surface area (Å²) < 4.78 is 20.6. The molecule has 0 aromatic heterocycles. The lowest BCUT2D eigenvalue weighted by Gasteiger charge is -2.26. The Morgan fingerprint density at radius 2 is 0.438 bits per heavy atom. The van der Waals surface area contributed by atoms with Crippen LogP contribution in [0.15, 0.2) is 352 Å². The van der Waals surface area contributed by atoms with Gasteiger partial charge in [0.05, 0.1) is 27.4 Å². The average molecular weight is 1370 g/mol. The molecule has 0 N–H and O–H groups in total. The molecule has 8 heteroatoms. The number of hydrogen-bond acceptors (Lipinski definition) is 8. The number of carbonyl (C=O) groups is 2. The summed E-state index contributed by atoms with van der Waals surface area (Å²) in [6.45, 7) is 3.68. The van der Waals surface area contributed by atoms with Gasteiger partial charge in [-0.25, -0.2) is 0 Å². The molecule has 13 rings (SSSR count). The van der Waals surface area contributed by atoms with Crippen LogP contribution in [0.25, 0.3) is 46.6 Å². The van der Waals surface area contributed by atoms with Gasteiger partial charge >= 0.3 is 11.9 Å². The van der Waals surface area contributed by atoms with Crippen molar-refractivity contribution in [3.05, 3.63) is 419 Å². The minimum absolute atomic E-state index is 0.250. The second-order valence-electron chi connectivity index (χ2n) is 25.2. The first-order valence-corrected chi connectivity index (χ1v) is 35.5. The summed E-state index contributed by atoms with van der Waals surface area (Å²) in [4.78, 5) is 25.3. The number of carbonyl (C=O) groups excluding carboxylic acids is 2. The lowest BCUT2D eigenvalue weighted by molar-refractivity contribution is -0.141. The quantitative estimate of drug-likeness (QED) is 0.0301. The van der Waals surface area contributed by atoms with Gasteiger partial charge in [0.25, 0.3) is 0 Å². The van der Waals surface area contributed by atoms with Crippen molar-refractivity contribution in [1.82, 2.24) is 0 Å². The molecule has 0 saturated heterocycles.